The zero-order valence-electron chi connectivity index (χ0n) is 7.54. The van der Waals surface area contributed by atoms with Crippen LogP contribution >= 0.6 is 11.6 Å². The summed E-state index contributed by atoms with van der Waals surface area (Å²) >= 11 is 5.84. The molecule has 0 bridgehead atoms. The maximum absolute atomic E-state index is 5.84. The lowest BCUT2D eigenvalue weighted by Gasteiger charge is -2.07. The van der Waals surface area contributed by atoms with Crippen molar-refractivity contribution in [2.24, 2.45) is 11.5 Å². The third-order valence-electron chi connectivity index (χ3n) is 2.00. The summed E-state index contributed by atoms with van der Waals surface area (Å²) in [4.78, 5) is 0. The first-order valence-electron chi connectivity index (χ1n) is 4.42. The Morgan fingerprint density at radius 3 is 2.77 bits per heavy atom. The Hall–Kier alpha value is -0.570. The molecule has 1 atom stereocenters. The summed E-state index contributed by atoms with van der Waals surface area (Å²) in [5, 5.41) is 0.777. The van der Waals surface area contributed by atoms with Crippen LogP contribution in [0.5, 0.6) is 0 Å². The Bertz CT molecular complexity index is 263. The van der Waals surface area contributed by atoms with Crippen molar-refractivity contribution in [3.05, 3.63) is 34.9 Å². The SMILES string of the molecule is NCC(N)CCc1cccc(Cl)c1. The van der Waals surface area contributed by atoms with Gasteiger partial charge in [-0.05, 0) is 30.5 Å². The number of hydrogen-bond donors (Lipinski definition) is 2. The maximum atomic E-state index is 5.84. The number of aryl methyl sites for hydroxylation is 1. The molecule has 1 aromatic carbocycles. The van der Waals surface area contributed by atoms with Crippen molar-refractivity contribution >= 4 is 11.6 Å². The Labute approximate surface area is 83.9 Å². The lowest BCUT2D eigenvalue weighted by molar-refractivity contribution is 0.623. The van der Waals surface area contributed by atoms with Gasteiger partial charge in [-0.3, -0.25) is 0 Å². The molecule has 13 heavy (non-hydrogen) atoms. The summed E-state index contributed by atoms with van der Waals surface area (Å²) in [6.07, 6.45) is 1.86. The van der Waals surface area contributed by atoms with Crippen LogP contribution < -0.4 is 11.5 Å². The Balaban J connectivity index is 2.45. The topological polar surface area (TPSA) is 52.0 Å². The van der Waals surface area contributed by atoms with Gasteiger partial charge in [-0.2, -0.15) is 0 Å². The average molecular weight is 199 g/mol. The predicted octanol–water partition coefficient (Wildman–Crippen LogP) is 1.56. The minimum absolute atomic E-state index is 0.0963. The van der Waals surface area contributed by atoms with Crippen molar-refractivity contribution in [3.8, 4) is 0 Å². The van der Waals surface area contributed by atoms with Crippen LogP contribution in [0.2, 0.25) is 5.02 Å². The molecule has 2 nitrogen and oxygen atoms in total. The first-order chi connectivity index (χ1) is 6.22. The molecular formula is C10H15ClN2. The standard InChI is InChI=1S/C10H15ClN2/c11-9-3-1-2-8(6-9)4-5-10(13)7-12/h1-3,6,10H,4-5,7,12-13H2. The molecule has 1 unspecified atom stereocenters. The summed E-state index contributed by atoms with van der Waals surface area (Å²) < 4.78 is 0. The van der Waals surface area contributed by atoms with E-state index in [0.29, 0.717) is 6.54 Å². The molecule has 0 saturated carbocycles. The molecule has 0 amide bonds. The van der Waals surface area contributed by atoms with Crippen LogP contribution in [0.4, 0.5) is 0 Å². The molecule has 0 fully saturated rings. The van der Waals surface area contributed by atoms with Gasteiger partial charge in [-0.1, -0.05) is 23.7 Å². The minimum atomic E-state index is 0.0963. The molecular weight excluding hydrogens is 184 g/mol. The molecule has 0 aliphatic heterocycles. The minimum Gasteiger partial charge on any atom is -0.329 e. The number of nitrogens with two attached hydrogens (primary N) is 2. The Morgan fingerprint density at radius 1 is 1.38 bits per heavy atom. The van der Waals surface area contributed by atoms with Crippen LogP contribution in [-0.4, -0.2) is 12.6 Å². The van der Waals surface area contributed by atoms with Crippen molar-refractivity contribution in [1.29, 1.82) is 0 Å². The molecule has 72 valence electrons. The van der Waals surface area contributed by atoms with E-state index in [-0.39, 0.29) is 6.04 Å². The van der Waals surface area contributed by atoms with Crippen molar-refractivity contribution in [3.63, 3.8) is 0 Å². The Kier molecular flexibility index (Phi) is 4.22. The largest absolute Gasteiger partial charge is 0.329 e. The van der Waals surface area contributed by atoms with Crippen molar-refractivity contribution in [2.75, 3.05) is 6.54 Å². The third-order valence-corrected chi connectivity index (χ3v) is 2.23. The van der Waals surface area contributed by atoms with Gasteiger partial charge in [0.25, 0.3) is 0 Å². The second-order valence-corrected chi connectivity index (χ2v) is 3.60. The quantitative estimate of drug-likeness (QED) is 0.772. The molecule has 1 aromatic rings. The van der Waals surface area contributed by atoms with Crippen LogP contribution in [0.25, 0.3) is 0 Å². The average Bonchev–Trinajstić information content (AvgIpc) is 2.14. The molecule has 4 N–H and O–H groups in total. The third kappa shape index (κ3) is 3.77. The van der Waals surface area contributed by atoms with Crippen LogP contribution in [-0.2, 0) is 6.42 Å². The normalized spacial score (nSPS) is 12.8. The number of rotatable bonds is 4. The van der Waals surface area contributed by atoms with E-state index in [1.165, 1.54) is 5.56 Å². The molecule has 0 aliphatic rings. The van der Waals surface area contributed by atoms with E-state index >= 15 is 0 Å². The summed E-state index contributed by atoms with van der Waals surface area (Å²) in [5.74, 6) is 0. The molecule has 0 radical (unpaired) electrons. The second kappa shape index (κ2) is 5.22. The van der Waals surface area contributed by atoms with Gasteiger partial charge in [-0.15, -0.1) is 0 Å². The van der Waals surface area contributed by atoms with Crippen LogP contribution in [0.3, 0.4) is 0 Å². The summed E-state index contributed by atoms with van der Waals surface area (Å²) in [6.45, 7) is 0.542. The summed E-state index contributed by atoms with van der Waals surface area (Å²) in [7, 11) is 0. The molecule has 0 aromatic heterocycles. The number of hydrogen-bond acceptors (Lipinski definition) is 2. The van der Waals surface area contributed by atoms with E-state index in [4.69, 9.17) is 23.1 Å². The number of halogens is 1. The highest BCUT2D eigenvalue weighted by Gasteiger charge is 2.00. The van der Waals surface area contributed by atoms with Gasteiger partial charge in [0.1, 0.15) is 0 Å². The fourth-order valence-electron chi connectivity index (χ4n) is 1.16. The van der Waals surface area contributed by atoms with Crippen LogP contribution in [0.15, 0.2) is 24.3 Å². The molecule has 1 rings (SSSR count). The van der Waals surface area contributed by atoms with Gasteiger partial charge in [0.15, 0.2) is 0 Å². The van der Waals surface area contributed by atoms with Gasteiger partial charge in [0, 0.05) is 17.6 Å². The van der Waals surface area contributed by atoms with Gasteiger partial charge < -0.3 is 11.5 Å². The second-order valence-electron chi connectivity index (χ2n) is 3.16. The van der Waals surface area contributed by atoms with E-state index in [1.54, 1.807) is 0 Å². The zero-order chi connectivity index (χ0) is 9.68. The van der Waals surface area contributed by atoms with Gasteiger partial charge in [-0.25, -0.2) is 0 Å². The lowest BCUT2D eigenvalue weighted by atomic mass is 10.1. The van der Waals surface area contributed by atoms with Crippen LogP contribution in [0, 0.1) is 0 Å². The van der Waals surface area contributed by atoms with E-state index in [1.807, 2.05) is 18.2 Å². The highest BCUT2D eigenvalue weighted by Crippen LogP contribution is 2.12. The molecule has 0 saturated heterocycles. The lowest BCUT2D eigenvalue weighted by Crippen LogP contribution is -2.29. The van der Waals surface area contributed by atoms with Gasteiger partial charge in [0.05, 0.1) is 0 Å². The fourth-order valence-corrected chi connectivity index (χ4v) is 1.38. The fraction of sp³-hybridized carbons (Fsp3) is 0.400. The van der Waals surface area contributed by atoms with E-state index in [2.05, 4.69) is 6.07 Å². The van der Waals surface area contributed by atoms with Crippen molar-refractivity contribution < 1.29 is 0 Å². The first kappa shape index (κ1) is 10.5. The van der Waals surface area contributed by atoms with E-state index in [9.17, 15) is 0 Å². The zero-order valence-corrected chi connectivity index (χ0v) is 8.30. The van der Waals surface area contributed by atoms with Gasteiger partial charge >= 0.3 is 0 Å². The van der Waals surface area contributed by atoms with Gasteiger partial charge in [0.2, 0.25) is 0 Å². The predicted molar refractivity (Wildman–Crippen MR) is 56.8 cm³/mol. The smallest absolute Gasteiger partial charge is 0.0408 e. The summed E-state index contributed by atoms with van der Waals surface area (Å²) in [6, 6.07) is 7.93. The van der Waals surface area contributed by atoms with E-state index < -0.39 is 0 Å². The highest BCUT2D eigenvalue weighted by molar-refractivity contribution is 6.30. The maximum Gasteiger partial charge on any atom is 0.0408 e. The number of benzene rings is 1. The molecule has 3 heteroatoms. The van der Waals surface area contributed by atoms with Crippen molar-refractivity contribution in [2.45, 2.75) is 18.9 Å². The van der Waals surface area contributed by atoms with E-state index in [0.717, 1.165) is 17.9 Å². The molecule has 0 spiro atoms. The molecule has 0 heterocycles. The Morgan fingerprint density at radius 2 is 2.15 bits per heavy atom. The monoisotopic (exact) mass is 198 g/mol. The van der Waals surface area contributed by atoms with Crippen LogP contribution in [0.1, 0.15) is 12.0 Å². The van der Waals surface area contributed by atoms with Crippen molar-refractivity contribution in [1.82, 2.24) is 0 Å². The molecule has 0 aliphatic carbocycles. The first-order valence-corrected chi connectivity index (χ1v) is 4.80. The summed E-state index contributed by atoms with van der Waals surface area (Å²) in [5.41, 5.74) is 12.3. The highest BCUT2D eigenvalue weighted by atomic mass is 35.5.